The molecule has 3 rings (SSSR count). The van der Waals surface area contributed by atoms with E-state index in [1.165, 1.54) is 0 Å². The molecule has 2 fully saturated rings. The summed E-state index contributed by atoms with van der Waals surface area (Å²) in [6.45, 7) is 6.06. The Labute approximate surface area is 190 Å². The lowest BCUT2D eigenvalue weighted by molar-refractivity contribution is -0.136. The van der Waals surface area contributed by atoms with E-state index in [1.807, 2.05) is 17.0 Å². The lowest BCUT2D eigenvalue weighted by atomic mass is 10.1. The number of amides is 1. The van der Waals surface area contributed by atoms with Crippen LogP contribution in [0.4, 0.5) is 0 Å². The highest BCUT2D eigenvalue weighted by Crippen LogP contribution is 2.18. The predicted octanol–water partition coefficient (Wildman–Crippen LogP) is 1.27. The fourth-order valence-electron chi connectivity index (χ4n) is 3.83. The van der Waals surface area contributed by atoms with E-state index in [4.69, 9.17) is 9.15 Å². The Morgan fingerprint density at radius 2 is 2.03 bits per heavy atom. The van der Waals surface area contributed by atoms with Crippen molar-refractivity contribution in [3.8, 4) is 0 Å². The Hall–Kier alpha value is -1.33. The van der Waals surface area contributed by atoms with E-state index in [-0.39, 0.29) is 35.9 Å². The molecule has 1 aromatic rings. The quantitative estimate of drug-likeness (QED) is 0.253. The Bertz CT molecular complexity index is 632. The van der Waals surface area contributed by atoms with Crippen molar-refractivity contribution in [1.82, 2.24) is 20.0 Å². The third-order valence-electron chi connectivity index (χ3n) is 5.49. The monoisotopic (exact) mass is 519 g/mol. The molecule has 1 unspecified atom stereocenters. The lowest BCUT2D eigenvalue weighted by Gasteiger charge is -2.38. The van der Waals surface area contributed by atoms with Gasteiger partial charge in [-0.15, -0.1) is 24.0 Å². The third kappa shape index (κ3) is 6.85. The first-order valence-corrected chi connectivity index (χ1v) is 10.2. The fourth-order valence-corrected chi connectivity index (χ4v) is 3.83. The second-order valence-corrected chi connectivity index (χ2v) is 7.41. The van der Waals surface area contributed by atoms with Gasteiger partial charge in [-0.1, -0.05) is 0 Å². The SMILES string of the molecule is COCCN=C(NCCc1ccco1)N1CCN(C(=O)C2CCCN2C)CC1.I. The number of methoxy groups -OCH3 is 1. The number of furan rings is 1. The van der Waals surface area contributed by atoms with Crippen molar-refractivity contribution in [3.63, 3.8) is 0 Å². The molecule has 1 amide bonds. The zero-order chi connectivity index (χ0) is 19.8. The molecule has 29 heavy (non-hydrogen) atoms. The number of nitrogens with zero attached hydrogens (tertiary/aromatic N) is 4. The van der Waals surface area contributed by atoms with Crippen molar-refractivity contribution >= 4 is 35.8 Å². The minimum atomic E-state index is 0. The summed E-state index contributed by atoms with van der Waals surface area (Å²) in [6.07, 6.45) is 4.60. The molecule has 0 spiro atoms. The van der Waals surface area contributed by atoms with E-state index in [1.54, 1.807) is 13.4 Å². The number of guanidine groups is 1. The number of nitrogens with one attached hydrogen (secondary N) is 1. The second kappa shape index (κ2) is 12.4. The van der Waals surface area contributed by atoms with Gasteiger partial charge >= 0.3 is 0 Å². The molecular formula is C20H34IN5O3. The summed E-state index contributed by atoms with van der Waals surface area (Å²) >= 11 is 0. The molecule has 3 heterocycles. The smallest absolute Gasteiger partial charge is 0.240 e. The van der Waals surface area contributed by atoms with E-state index in [0.717, 1.165) is 70.3 Å². The van der Waals surface area contributed by atoms with Crippen LogP contribution in [0.5, 0.6) is 0 Å². The summed E-state index contributed by atoms with van der Waals surface area (Å²) in [7, 11) is 3.74. The average Bonchev–Trinajstić information content (AvgIpc) is 3.38. The predicted molar refractivity (Wildman–Crippen MR) is 124 cm³/mol. The number of carbonyl (C=O) groups is 1. The van der Waals surface area contributed by atoms with Gasteiger partial charge in [-0.25, -0.2) is 0 Å². The second-order valence-electron chi connectivity index (χ2n) is 7.41. The fraction of sp³-hybridized carbons (Fsp3) is 0.700. The molecule has 2 aliphatic heterocycles. The highest BCUT2D eigenvalue weighted by atomic mass is 127. The summed E-state index contributed by atoms with van der Waals surface area (Å²) in [5, 5.41) is 3.44. The molecule has 0 aliphatic carbocycles. The molecule has 2 saturated heterocycles. The van der Waals surface area contributed by atoms with E-state index in [2.05, 4.69) is 27.2 Å². The van der Waals surface area contributed by atoms with Crippen molar-refractivity contribution < 1.29 is 13.9 Å². The van der Waals surface area contributed by atoms with Gasteiger partial charge in [-0.2, -0.15) is 0 Å². The van der Waals surface area contributed by atoms with Gasteiger partial charge in [-0.05, 0) is 38.6 Å². The van der Waals surface area contributed by atoms with Crippen LogP contribution in [-0.2, 0) is 16.0 Å². The van der Waals surface area contributed by atoms with Crippen LogP contribution in [0.3, 0.4) is 0 Å². The minimum absolute atomic E-state index is 0. The number of piperazine rings is 1. The standard InChI is InChI=1S/C20H33N5O3.HI/c1-23-10-3-6-18(23)19(26)24-11-13-25(14-12-24)20(22-9-16-27-2)21-8-7-17-5-4-15-28-17;/h4-5,15,18H,3,6-14,16H2,1-2H3,(H,21,22);1H. The largest absolute Gasteiger partial charge is 0.469 e. The van der Waals surface area contributed by atoms with Crippen LogP contribution in [0.25, 0.3) is 0 Å². The molecule has 0 saturated carbocycles. The molecule has 8 nitrogen and oxygen atoms in total. The average molecular weight is 519 g/mol. The van der Waals surface area contributed by atoms with Gasteiger partial charge in [0.1, 0.15) is 5.76 Å². The van der Waals surface area contributed by atoms with Gasteiger partial charge in [0, 0.05) is 46.3 Å². The van der Waals surface area contributed by atoms with Gasteiger partial charge in [0.25, 0.3) is 0 Å². The summed E-state index contributed by atoms with van der Waals surface area (Å²) in [5.74, 6) is 2.12. The normalized spacial score (nSPS) is 20.6. The van der Waals surface area contributed by atoms with Crippen LogP contribution in [0.1, 0.15) is 18.6 Å². The number of hydrogen-bond acceptors (Lipinski definition) is 5. The topological polar surface area (TPSA) is 73.5 Å². The summed E-state index contributed by atoms with van der Waals surface area (Å²) < 4.78 is 10.5. The first-order valence-electron chi connectivity index (χ1n) is 10.2. The van der Waals surface area contributed by atoms with Crippen molar-refractivity contribution in [2.45, 2.75) is 25.3 Å². The summed E-state index contributed by atoms with van der Waals surface area (Å²) in [4.78, 5) is 23.9. The molecule has 1 aromatic heterocycles. The van der Waals surface area contributed by atoms with Gasteiger partial charge in [0.2, 0.25) is 5.91 Å². The van der Waals surface area contributed by atoms with Gasteiger partial charge in [0.15, 0.2) is 5.96 Å². The molecule has 0 aromatic carbocycles. The molecule has 164 valence electrons. The highest BCUT2D eigenvalue weighted by Gasteiger charge is 2.33. The van der Waals surface area contributed by atoms with Crippen LogP contribution in [-0.4, -0.2) is 99.2 Å². The van der Waals surface area contributed by atoms with Crippen LogP contribution in [0, 0.1) is 0 Å². The van der Waals surface area contributed by atoms with Crippen LogP contribution < -0.4 is 5.32 Å². The summed E-state index contributed by atoms with van der Waals surface area (Å²) in [6, 6.07) is 3.95. The molecule has 0 radical (unpaired) electrons. The first-order chi connectivity index (χ1) is 13.7. The van der Waals surface area contributed by atoms with E-state index in [9.17, 15) is 4.79 Å². The number of carbonyl (C=O) groups excluding carboxylic acids is 1. The Morgan fingerprint density at radius 3 is 2.66 bits per heavy atom. The Morgan fingerprint density at radius 1 is 1.28 bits per heavy atom. The van der Waals surface area contributed by atoms with Gasteiger partial charge in [-0.3, -0.25) is 14.7 Å². The molecule has 1 atom stereocenters. The third-order valence-corrected chi connectivity index (χ3v) is 5.49. The summed E-state index contributed by atoms with van der Waals surface area (Å²) in [5.41, 5.74) is 0. The van der Waals surface area contributed by atoms with Crippen molar-refractivity contribution in [1.29, 1.82) is 0 Å². The highest BCUT2D eigenvalue weighted by molar-refractivity contribution is 14.0. The van der Waals surface area contributed by atoms with Crippen LogP contribution in [0.2, 0.25) is 0 Å². The van der Waals surface area contributed by atoms with Crippen molar-refractivity contribution in [2.75, 3.05) is 66.6 Å². The van der Waals surface area contributed by atoms with Gasteiger partial charge < -0.3 is 24.3 Å². The Balaban J connectivity index is 0.00000300. The maximum Gasteiger partial charge on any atom is 0.240 e. The number of rotatable bonds is 7. The molecule has 0 bridgehead atoms. The van der Waals surface area contributed by atoms with Crippen LogP contribution >= 0.6 is 24.0 Å². The number of hydrogen-bond donors (Lipinski definition) is 1. The van der Waals surface area contributed by atoms with E-state index < -0.39 is 0 Å². The van der Waals surface area contributed by atoms with Crippen molar-refractivity contribution in [3.05, 3.63) is 24.2 Å². The first kappa shape index (κ1) is 23.9. The number of halogens is 1. The maximum absolute atomic E-state index is 12.8. The number of ether oxygens (including phenoxy) is 1. The van der Waals surface area contributed by atoms with Crippen LogP contribution in [0.15, 0.2) is 27.8 Å². The minimum Gasteiger partial charge on any atom is -0.469 e. The molecule has 1 N–H and O–H groups in total. The lowest BCUT2D eigenvalue weighted by Crippen LogP contribution is -2.56. The molecule has 9 heteroatoms. The van der Waals surface area contributed by atoms with Crippen molar-refractivity contribution in [2.24, 2.45) is 4.99 Å². The van der Waals surface area contributed by atoms with Gasteiger partial charge in [0.05, 0.1) is 25.5 Å². The number of likely N-dealkylation sites (N-methyl/N-ethyl adjacent to an activating group) is 1. The molecular weight excluding hydrogens is 485 g/mol. The zero-order valence-electron chi connectivity index (χ0n) is 17.5. The van der Waals surface area contributed by atoms with E-state index in [0.29, 0.717) is 13.2 Å². The maximum atomic E-state index is 12.8. The van der Waals surface area contributed by atoms with E-state index >= 15 is 0 Å². The zero-order valence-corrected chi connectivity index (χ0v) is 19.8. The molecule has 2 aliphatic rings. The number of likely N-dealkylation sites (tertiary alicyclic amines) is 1. The Kier molecular flexibility index (Phi) is 10.2. The number of aliphatic imine (C=N–C) groups is 1.